The van der Waals surface area contributed by atoms with E-state index in [1.165, 1.54) is 0 Å². The summed E-state index contributed by atoms with van der Waals surface area (Å²) in [7, 11) is 0. The third-order valence-electron chi connectivity index (χ3n) is 6.72. The molecule has 182 valence electrons. The molecule has 2 unspecified atom stereocenters. The van der Waals surface area contributed by atoms with Gasteiger partial charge in [0, 0.05) is 18.7 Å². The summed E-state index contributed by atoms with van der Waals surface area (Å²) in [5, 5.41) is 9.60. The van der Waals surface area contributed by atoms with Crippen LogP contribution in [0, 0.1) is 0 Å². The highest BCUT2D eigenvalue weighted by Gasteiger charge is 2.48. The number of ketones is 1. The average molecular weight is 472 g/mol. The van der Waals surface area contributed by atoms with Crippen molar-refractivity contribution < 1.29 is 19.4 Å². The zero-order valence-corrected chi connectivity index (χ0v) is 20.2. The van der Waals surface area contributed by atoms with E-state index in [1.54, 1.807) is 12.1 Å². The van der Waals surface area contributed by atoms with Crippen LogP contribution in [0.4, 0.5) is 5.69 Å². The highest BCUT2D eigenvalue weighted by molar-refractivity contribution is 6.08. The smallest absolute Gasteiger partial charge is 0.337 e. The summed E-state index contributed by atoms with van der Waals surface area (Å²) >= 11 is 0. The second kappa shape index (κ2) is 11.2. The van der Waals surface area contributed by atoms with E-state index in [0.717, 1.165) is 29.7 Å². The molecule has 0 radical (unpaired) electrons. The van der Waals surface area contributed by atoms with Crippen molar-refractivity contribution >= 4 is 17.4 Å². The van der Waals surface area contributed by atoms with Crippen molar-refractivity contribution in [2.45, 2.75) is 57.1 Å². The van der Waals surface area contributed by atoms with E-state index in [2.05, 4.69) is 12.1 Å². The summed E-state index contributed by atoms with van der Waals surface area (Å²) in [6, 6.07) is 25.8. The minimum atomic E-state index is -0.920. The topological polar surface area (TPSA) is 66.8 Å². The number of carbonyl (C=O) groups excluding carboxylic acids is 2. The van der Waals surface area contributed by atoms with Crippen molar-refractivity contribution in [3.63, 3.8) is 0 Å². The van der Waals surface area contributed by atoms with Crippen molar-refractivity contribution in [3.8, 4) is 5.75 Å². The number of aryl methyl sites for hydroxylation is 2. The van der Waals surface area contributed by atoms with Crippen LogP contribution < -0.4 is 4.90 Å². The number of carbonyl (C=O) groups is 2. The molecule has 0 amide bonds. The van der Waals surface area contributed by atoms with Crippen molar-refractivity contribution in [3.05, 3.63) is 96.1 Å². The number of Topliss-reactive ketones (excluding diaryl/α,β-unsaturated/α-hetero) is 1. The average Bonchev–Trinajstić information content (AvgIpc) is 2.87. The van der Waals surface area contributed by atoms with Gasteiger partial charge in [-0.25, -0.2) is 4.79 Å². The number of benzene rings is 3. The standard InChI is InChI=1S/C30H33NO4/c1-2-21-31(25-11-7-4-8-12-25)28-27(33)22-30(35-29(28)34,19-17-23-9-5-3-6-10-23)20-18-24-13-15-26(32)16-14-24/h3-16,28,32H,2,17-22H2,1H3. The van der Waals surface area contributed by atoms with Gasteiger partial charge in [-0.05, 0) is 67.5 Å². The third kappa shape index (κ3) is 6.10. The maximum atomic E-state index is 13.6. The minimum absolute atomic E-state index is 0.0858. The molecule has 1 saturated heterocycles. The molecule has 5 heteroatoms. The number of nitrogens with zero attached hydrogens (tertiary/aromatic N) is 1. The highest BCUT2D eigenvalue weighted by Crippen LogP contribution is 2.36. The van der Waals surface area contributed by atoms with E-state index in [9.17, 15) is 14.7 Å². The lowest BCUT2D eigenvalue weighted by molar-refractivity contribution is -0.174. The number of cyclic esters (lactones) is 1. The van der Waals surface area contributed by atoms with E-state index in [0.29, 0.717) is 25.8 Å². The fourth-order valence-electron chi connectivity index (χ4n) is 4.88. The fourth-order valence-corrected chi connectivity index (χ4v) is 4.88. The molecule has 1 aliphatic rings. The van der Waals surface area contributed by atoms with Gasteiger partial charge < -0.3 is 14.7 Å². The Morgan fingerprint density at radius 2 is 1.43 bits per heavy atom. The summed E-state index contributed by atoms with van der Waals surface area (Å²) in [5.74, 6) is -0.332. The largest absolute Gasteiger partial charge is 0.508 e. The SMILES string of the molecule is CCCN(c1ccccc1)C1C(=O)CC(CCc2ccccc2)(CCc2ccc(O)cc2)OC1=O. The van der Waals surface area contributed by atoms with Crippen LogP contribution in [-0.2, 0) is 27.2 Å². The maximum Gasteiger partial charge on any atom is 0.337 e. The van der Waals surface area contributed by atoms with E-state index in [1.807, 2.05) is 72.5 Å². The van der Waals surface area contributed by atoms with E-state index in [4.69, 9.17) is 4.74 Å². The molecule has 0 bridgehead atoms. The first-order valence-corrected chi connectivity index (χ1v) is 12.4. The normalized spacial score (nSPS) is 19.9. The fraction of sp³-hybridized carbons (Fsp3) is 0.333. The van der Waals surface area contributed by atoms with Crippen molar-refractivity contribution in [1.82, 2.24) is 0 Å². The first-order valence-electron chi connectivity index (χ1n) is 12.4. The van der Waals surface area contributed by atoms with Crippen molar-refractivity contribution in [2.24, 2.45) is 0 Å². The molecule has 5 nitrogen and oxygen atoms in total. The number of ether oxygens (including phenoxy) is 1. The maximum absolute atomic E-state index is 13.6. The van der Waals surface area contributed by atoms with Crippen LogP contribution in [-0.4, -0.2) is 35.0 Å². The Morgan fingerprint density at radius 1 is 0.857 bits per heavy atom. The lowest BCUT2D eigenvalue weighted by Gasteiger charge is -2.42. The quantitative estimate of drug-likeness (QED) is 0.313. The molecule has 1 N–H and O–H groups in total. The number of rotatable bonds is 10. The number of phenolic OH excluding ortho intramolecular Hbond substituents is 1. The van der Waals surface area contributed by atoms with Gasteiger partial charge in [-0.3, -0.25) is 4.79 Å². The number of para-hydroxylation sites is 1. The predicted octanol–water partition coefficient (Wildman–Crippen LogP) is 5.50. The zero-order valence-electron chi connectivity index (χ0n) is 20.2. The van der Waals surface area contributed by atoms with Crippen LogP contribution in [0.2, 0.25) is 0 Å². The Morgan fingerprint density at radius 3 is 2.00 bits per heavy atom. The first kappa shape index (κ1) is 24.5. The number of phenols is 1. The molecule has 1 fully saturated rings. The molecule has 3 aromatic carbocycles. The number of hydrogen-bond donors (Lipinski definition) is 1. The molecule has 3 aromatic rings. The predicted molar refractivity (Wildman–Crippen MR) is 138 cm³/mol. The molecule has 0 aliphatic carbocycles. The van der Waals surface area contributed by atoms with Crippen LogP contribution >= 0.6 is 0 Å². The second-order valence-electron chi connectivity index (χ2n) is 9.33. The molecule has 0 aromatic heterocycles. The van der Waals surface area contributed by atoms with Crippen LogP contribution in [0.15, 0.2) is 84.9 Å². The minimum Gasteiger partial charge on any atom is -0.508 e. The van der Waals surface area contributed by atoms with Crippen LogP contribution in [0.5, 0.6) is 5.75 Å². The molecule has 0 saturated carbocycles. The van der Waals surface area contributed by atoms with Gasteiger partial charge in [-0.1, -0.05) is 67.6 Å². The van der Waals surface area contributed by atoms with E-state index in [-0.39, 0.29) is 18.0 Å². The molecule has 2 atom stereocenters. The number of anilines is 1. The molecule has 35 heavy (non-hydrogen) atoms. The summed E-state index contributed by atoms with van der Waals surface area (Å²) < 4.78 is 6.22. The van der Waals surface area contributed by atoms with Crippen LogP contribution in [0.3, 0.4) is 0 Å². The monoisotopic (exact) mass is 471 g/mol. The van der Waals surface area contributed by atoms with Crippen molar-refractivity contribution in [2.75, 3.05) is 11.4 Å². The van der Waals surface area contributed by atoms with Gasteiger partial charge in [0.1, 0.15) is 11.4 Å². The van der Waals surface area contributed by atoms with Crippen LogP contribution in [0.25, 0.3) is 0 Å². The number of aromatic hydroxyl groups is 1. The molecular weight excluding hydrogens is 438 g/mol. The zero-order chi connectivity index (χ0) is 24.7. The lowest BCUT2D eigenvalue weighted by atomic mass is 9.81. The molecular formula is C30H33NO4. The van der Waals surface area contributed by atoms with Gasteiger partial charge in [0.2, 0.25) is 0 Å². The van der Waals surface area contributed by atoms with E-state index < -0.39 is 17.6 Å². The lowest BCUT2D eigenvalue weighted by Crippen LogP contribution is -2.57. The Bertz CT molecular complexity index is 1090. The highest BCUT2D eigenvalue weighted by atomic mass is 16.6. The molecule has 4 rings (SSSR count). The Hall–Kier alpha value is -3.60. The van der Waals surface area contributed by atoms with Gasteiger partial charge in [0.05, 0.1) is 0 Å². The van der Waals surface area contributed by atoms with Gasteiger partial charge in [0.25, 0.3) is 0 Å². The summed E-state index contributed by atoms with van der Waals surface area (Å²) in [6.45, 7) is 2.64. The number of hydrogen-bond acceptors (Lipinski definition) is 5. The van der Waals surface area contributed by atoms with E-state index >= 15 is 0 Å². The second-order valence-corrected chi connectivity index (χ2v) is 9.33. The van der Waals surface area contributed by atoms with Gasteiger partial charge >= 0.3 is 5.97 Å². The molecule has 1 aliphatic heterocycles. The summed E-state index contributed by atoms with van der Waals surface area (Å²) in [6.07, 6.45) is 3.51. The third-order valence-corrected chi connectivity index (χ3v) is 6.72. The van der Waals surface area contributed by atoms with Crippen molar-refractivity contribution in [1.29, 1.82) is 0 Å². The number of esters is 1. The molecule has 1 heterocycles. The molecule has 0 spiro atoms. The van der Waals surface area contributed by atoms with Crippen LogP contribution in [0.1, 0.15) is 43.7 Å². The summed E-state index contributed by atoms with van der Waals surface area (Å²) in [4.78, 5) is 28.9. The first-order chi connectivity index (χ1) is 17.0. The Balaban J connectivity index is 1.57. The van der Waals surface area contributed by atoms with Gasteiger partial charge in [-0.15, -0.1) is 0 Å². The van der Waals surface area contributed by atoms with Gasteiger partial charge in [0.15, 0.2) is 11.8 Å². The Labute approximate surface area is 207 Å². The van der Waals surface area contributed by atoms with Gasteiger partial charge in [-0.2, -0.15) is 0 Å². The Kier molecular flexibility index (Phi) is 7.86. The summed E-state index contributed by atoms with van der Waals surface area (Å²) in [5.41, 5.74) is 2.18.